The van der Waals surface area contributed by atoms with E-state index in [0.29, 0.717) is 16.6 Å². The molecule has 2 aromatic rings. The lowest BCUT2D eigenvalue weighted by molar-refractivity contribution is 0.597. The first-order valence-electron chi connectivity index (χ1n) is 7.12. The van der Waals surface area contributed by atoms with Gasteiger partial charge in [-0.3, -0.25) is 0 Å². The fourth-order valence-corrected chi connectivity index (χ4v) is 4.02. The van der Waals surface area contributed by atoms with Crippen LogP contribution < -0.4 is 10.0 Å². The van der Waals surface area contributed by atoms with Gasteiger partial charge in [-0.1, -0.05) is 29.3 Å². The molecule has 0 fully saturated rings. The molecule has 1 heterocycles. The fraction of sp³-hybridized carbons (Fsp3) is 0.250. The number of primary sulfonamides is 1. The molecule has 4 nitrogen and oxygen atoms in total. The van der Waals surface area contributed by atoms with E-state index in [1.807, 2.05) is 18.2 Å². The van der Waals surface area contributed by atoms with Crippen molar-refractivity contribution >= 4 is 38.9 Å². The number of hydrogen-bond acceptors (Lipinski definition) is 3. The van der Waals surface area contributed by atoms with Crippen LogP contribution in [0.1, 0.15) is 18.1 Å². The smallest absolute Gasteiger partial charge is 0.238 e. The number of hydrogen-bond donors (Lipinski definition) is 1. The number of nitrogens with two attached hydrogens (primary N) is 1. The van der Waals surface area contributed by atoms with Gasteiger partial charge in [-0.15, -0.1) is 0 Å². The summed E-state index contributed by atoms with van der Waals surface area (Å²) in [6, 6.07) is 10.6. The zero-order valence-electron chi connectivity index (χ0n) is 12.5. The Hall–Kier alpha value is -1.27. The Morgan fingerprint density at radius 1 is 1.22 bits per heavy atom. The van der Waals surface area contributed by atoms with E-state index in [1.165, 1.54) is 6.07 Å². The first-order valence-corrected chi connectivity index (χ1v) is 9.43. The van der Waals surface area contributed by atoms with Gasteiger partial charge in [0, 0.05) is 33.9 Å². The van der Waals surface area contributed by atoms with Crippen LogP contribution in [-0.4, -0.2) is 14.5 Å². The summed E-state index contributed by atoms with van der Waals surface area (Å²) in [6.07, 6.45) is 0.751. The number of benzene rings is 2. The Bertz CT molecular complexity index is 848. The molecule has 1 atom stereocenters. The second-order valence-electron chi connectivity index (χ2n) is 5.72. The topological polar surface area (TPSA) is 63.4 Å². The third-order valence-corrected chi connectivity index (χ3v) is 5.75. The minimum atomic E-state index is -3.69. The Morgan fingerprint density at radius 2 is 1.87 bits per heavy atom. The normalized spacial score (nSPS) is 17.4. The van der Waals surface area contributed by atoms with Crippen LogP contribution in [0.3, 0.4) is 0 Å². The van der Waals surface area contributed by atoms with Gasteiger partial charge in [0.1, 0.15) is 0 Å². The lowest BCUT2D eigenvalue weighted by Crippen LogP contribution is -2.28. The van der Waals surface area contributed by atoms with Gasteiger partial charge >= 0.3 is 0 Å². The maximum Gasteiger partial charge on any atom is 0.238 e. The predicted molar refractivity (Wildman–Crippen MR) is 93.6 cm³/mol. The van der Waals surface area contributed by atoms with Gasteiger partial charge in [0.25, 0.3) is 0 Å². The molecule has 0 amide bonds. The maximum absolute atomic E-state index is 11.5. The lowest BCUT2D eigenvalue weighted by atomic mass is 10.1. The molecular weight excluding hydrogens is 355 g/mol. The van der Waals surface area contributed by atoms with Gasteiger partial charge in [0.15, 0.2) is 0 Å². The summed E-state index contributed by atoms with van der Waals surface area (Å²) in [6.45, 7) is 2.66. The highest BCUT2D eigenvalue weighted by Gasteiger charge is 2.28. The minimum absolute atomic E-state index is 0.140. The molecule has 2 aromatic carbocycles. The van der Waals surface area contributed by atoms with Crippen LogP contribution in [0, 0.1) is 0 Å². The molecular formula is C16H16Cl2N2O2S. The molecule has 3 rings (SSSR count). The molecule has 0 aliphatic carbocycles. The molecule has 0 spiro atoms. The zero-order chi connectivity index (χ0) is 16.8. The Labute approximate surface area is 145 Å². The summed E-state index contributed by atoms with van der Waals surface area (Å²) in [5.74, 6) is 0. The van der Waals surface area contributed by atoms with Crippen molar-refractivity contribution in [3.8, 4) is 0 Å². The van der Waals surface area contributed by atoms with Crippen molar-refractivity contribution in [2.45, 2.75) is 30.8 Å². The molecule has 122 valence electrons. The van der Waals surface area contributed by atoms with Gasteiger partial charge in [-0.05, 0) is 49.2 Å². The fourth-order valence-electron chi connectivity index (χ4n) is 2.94. The minimum Gasteiger partial charge on any atom is -0.364 e. The SMILES string of the molecule is C[C@@H]1Cc2cc(S(N)(=O)=O)ccc2N1Cc1c(Cl)cccc1Cl. The number of fused-ring (bicyclic) bond motifs is 1. The number of sulfonamides is 1. The second-order valence-corrected chi connectivity index (χ2v) is 8.09. The molecule has 2 N–H and O–H groups in total. The van der Waals surface area contributed by atoms with Crippen molar-refractivity contribution in [3.05, 3.63) is 57.6 Å². The summed E-state index contributed by atoms with van der Waals surface area (Å²) in [4.78, 5) is 2.32. The van der Waals surface area contributed by atoms with Crippen LogP contribution in [0.2, 0.25) is 10.0 Å². The van der Waals surface area contributed by atoms with E-state index in [0.717, 1.165) is 23.2 Å². The number of anilines is 1. The van der Waals surface area contributed by atoms with Crippen molar-refractivity contribution < 1.29 is 8.42 Å². The Kier molecular flexibility index (Phi) is 4.31. The Balaban J connectivity index is 1.98. The summed E-state index contributed by atoms with van der Waals surface area (Å²) >= 11 is 12.5. The average Bonchev–Trinajstić information content (AvgIpc) is 2.77. The van der Waals surface area contributed by atoms with Crippen molar-refractivity contribution in [1.29, 1.82) is 0 Å². The van der Waals surface area contributed by atoms with Crippen LogP contribution in [0.15, 0.2) is 41.3 Å². The van der Waals surface area contributed by atoms with Crippen molar-refractivity contribution in [2.24, 2.45) is 5.14 Å². The van der Waals surface area contributed by atoms with E-state index in [4.69, 9.17) is 28.3 Å². The van der Waals surface area contributed by atoms with Crippen molar-refractivity contribution in [1.82, 2.24) is 0 Å². The van der Waals surface area contributed by atoms with Crippen LogP contribution in [0.5, 0.6) is 0 Å². The highest BCUT2D eigenvalue weighted by Crippen LogP contribution is 2.36. The number of rotatable bonds is 3. The molecule has 0 aromatic heterocycles. The first-order chi connectivity index (χ1) is 10.8. The van der Waals surface area contributed by atoms with Crippen LogP contribution in [-0.2, 0) is 23.0 Å². The highest BCUT2D eigenvalue weighted by molar-refractivity contribution is 7.89. The van der Waals surface area contributed by atoms with Gasteiger partial charge in [0.2, 0.25) is 10.0 Å². The summed E-state index contributed by atoms with van der Waals surface area (Å²) in [5, 5.41) is 6.46. The van der Waals surface area contributed by atoms with E-state index in [2.05, 4.69) is 11.8 Å². The third kappa shape index (κ3) is 3.19. The van der Waals surface area contributed by atoms with Crippen LogP contribution >= 0.6 is 23.2 Å². The standard InChI is InChI=1S/C16H16Cl2N2O2S/c1-10-7-11-8-12(23(19,21)22)5-6-16(11)20(10)9-13-14(17)3-2-4-15(13)18/h2-6,8,10H,7,9H2,1H3,(H2,19,21,22)/t10-/m1/s1. The third-order valence-electron chi connectivity index (χ3n) is 4.13. The largest absolute Gasteiger partial charge is 0.364 e. The molecule has 0 saturated heterocycles. The van der Waals surface area contributed by atoms with Gasteiger partial charge < -0.3 is 4.90 Å². The molecule has 1 aliphatic heterocycles. The Morgan fingerprint density at radius 3 is 2.48 bits per heavy atom. The maximum atomic E-state index is 11.5. The molecule has 23 heavy (non-hydrogen) atoms. The second kappa shape index (κ2) is 5.98. The average molecular weight is 371 g/mol. The van der Waals surface area contributed by atoms with Crippen LogP contribution in [0.4, 0.5) is 5.69 Å². The molecule has 7 heteroatoms. The van der Waals surface area contributed by atoms with Gasteiger partial charge in [-0.25, -0.2) is 13.6 Å². The molecule has 0 saturated carbocycles. The van der Waals surface area contributed by atoms with Crippen LogP contribution in [0.25, 0.3) is 0 Å². The molecule has 0 unspecified atom stereocenters. The van der Waals surface area contributed by atoms with E-state index >= 15 is 0 Å². The summed E-state index contributed by atoms with van der Waals surface area (Å²) in [5.41, 5.74) is 2.82. The summed E-state index contributed by atoms with van der Waals surface area (Å²) in [7, 11) is -3.69. The van der Waals surface area contributed by atoms with E-state index in [9.17, 15) is 8.42 Å². The zero-order valence-corrected chi connectivity index (χ0v) is 14.8. The van der Waals surface area contributed by atoms with Gasteiger partial charge in [-0.2, -0.15) is 0 Å². The van der Waals surface area contributed by atoms with Crippen molar-refractivity contribution in [3.63, 3.8) is 0 Å². The quantitative estimate of drug-likeness (QED) is 0.897. The predicted octanol–water partition coefficient (Wildman–Crippen LogP) is 3.59. The monoisotopic (exact) mass is 370 g/mol. The van der Waals surface area contributed by atoms with Crippen molar-refractivity contribution in [2.75, 3.05) is 4.90 Å². The van der Waals surface area contributed by atoms with E-state index in [-0.39, 0.29) is 10.9 Å². The van der Waals surface area contributed by atoms with E-state index in [1.54, 1.807) is 12.1 Å². The van der Waals surface area contributed by atoms with E-state index < -0.39 is 10.0 Å². The molecule has 0 bridgehead atoms. The molecule has 1 aliphatic rings. The highest BCUT2D eigenvalue weighted by atomic mass is 35.5. The number of nitrogens with zero attached hydrogens (tertiary/aromatic N) is 1. The summed E-state index contributed by atoms with van der Waals surface area (Å²) < 4.78 is 23.0. The lowest BCUT2D eigenvalue weighted by Gasteiger charge is -2.26. The number of halogens is 2. The first kappa shape index (κ1) is 16.6. The van der Waals surface area contributed by atoms with Gasteiger partial charge in [0.05, 0.1) is 4.90 Å². The molecule has 0 radical (unpaired) electrons.